The largest absolute Gasteiger partial charge is 0.341 e. The fourth-order valence-electron chi connectivity index (χ4n) is 3.47. The summed E-state index contributed by atoms with van der Waals surface area (Å²) >= 11 is 0. The number of anilines is 1. The third-order valence-corrected chi connectivity index (χ3v) is 4.57. The minimum atomic E-state index is -0.518. The molecule has 1 aromatic rings. The lowest BCUT2D eigenvalue weighted by atomic mass is 9.81. The van der Waals surface area contributed by atoms with Crippen LogP contribution in [0.2, 0.25) is 0 Å². The Balaban J connectivity index is 1.99. The topological polar surface area (TPSA) is 40.6 Å². The van der Waals surface area contributed by atoms with Crippen LogP contribution in [0.15, 0.2) is 24.3 Å². The van der Waals surface area contributed by atoms with Gasteiger partial charge in [0.2, 0.25) is 11.8 Å². The van der Waals surface area contributed by atoms with Gasteiger partial charge in [0.15, 0.2) is 0 Å². The number of fused-ring (bicyclic) bond motifs is 2. The van der Waals surface area contributed by atoms with E-state index in [0.717, 1.165) is 17.7 Å². The molecule has 2 heterocycles. The molecule has 2 aliphatic heterocycles. The van der Waals surface area contributed by atoms with Gasteiger partial charge in [0.05, 0.1) is 5.41 Å². The van der Waals surface area contributed by atoms with Crippen molar-refractivity contribution in [2.75, 3.05) is 25.0 Å². The fraction of sp³-hybridized carbons (Fsp3) is 0.500. The molecule has 2 amide bonds. The molecule has 1 fully saturated rings. The number of likely N-dealkylation sites (N-methyl/N-ethyl adjacent to an activating group) is 1. The van der Waals surface area contributed by atoms with Crippen LogP contribution in [0, 0.1) is 5.92 Å². The van der Waals surface area contributed by atoms with Gasteiger partial charge in [-0.05, 0) is 18.1 Å². The number of benzene rings is 1. The third-order valence-electron chi connectivity index (χ3n) is 4.57. The summed E-state index contributed by atoms with van der Waals surface area (Å²) in [5.41, 5.74) is 1.54. The summed E-state index contributed by atoms with van der Waals surface area (Å²) in [5.74, 6) is 0.245. The molecule has 1 aromatic carbocycles. The number of rotatable bonds is 1. The van der Waals surface area contributed by atoms with Gasteiger partial charge in [-0.2, -0.15) is 0 Å². The number of para-hydroxylation sites is 1. The maximum atomic E-state index is 12.7. The van der Waals surface area contributed by atoms with E-state index in [1.807, 2.05) is 50.1 Å². The minimum Gasteiger partial charge on any atom is -0.341 e. The first-order valence-electron chi connectivity index (χ1n) is 7.14. The number of hydrogen-bond acceptors (Lipinski definition) is 2. The first-order chi connectivity index (χ1) is 9.47. The molecule has 106 valence electrons. The van der Waals surface area contributed by atoms with Crippen LogP contribution in [0.25, 0.3) is 0 Å². The van der Waals surface area contributed by atoms with E-state index < -0.39 is 5.41 Å². The highest BCUT2D eigenvalue weighted by atomic mass is 16.2. The van der Waals surface area contributed by atoms with Crippen LogP contribution in [0.4, 0.5) is 5.69 Å². The molecular formula is C16H20N2O2. The molecule has 0 aromatic heterocycles. The van der Waals surface area contributed by atoms with Crippen LogP contribution in [0.5, 0.6) is 0 Å². The second-order valence-electron chi connectivity index (χ2n) is 6.13. The molecule has 0 unspecified atom stereocenters. The minimum absolute atomic E-state index is 0.0189. The van der Waals surface area contributed by atoms with Crippen molar-refractivity contribution in [3.05, 3.63) is 29.8 Å². The van der Waals surface area contributed by atoms with Gasteiger partial charge in [0.25, 0.3) is 0 Å². The second-order valence-corrected chi connectivity index (χ2v) is 6.13. The molecular weight excluding hydrogens is 252 g/mol. The highest BCUT2D eigenvalue weighted by molar-refractivity contribution is 6.08. The molecule has 0 aliphatic carbocycles. The van der Waals surface area contributed by atoms with Crippen molar-refractivity contribution in [2.45, 2.75) is 25.7 Å². The Kier molecular flexibility index (Phi) is 2.85. The van der Waals surface area contributed by atoms with Crippen molar-refractivity contribution in [1.29, 1.82) is 0 Å². The van der Waals surface area contributed by atoms with Gasteiger partial charge in [-0.3, -0.25) is 9.59 Å². The molecule has 4 nitrogen and oxygen atoms in total. The Hall–Kier alpha value is -1.84. The Morgan fingerprint density at radius 3 is 2.70 bits per heavy atom. The van der Waals surface area contributed by atoms with E-state index >= 15 is 0 Å². The van der Waals surface area contributed by atoms with E-state index in [4.69, 9.17) is 0 Å². The van der Waals surface area contributed by atoms with Gasteiger partial charge in [-0.1, -0.05) is 32.0 Å². The van der Waals surface area contributed by atoms with E-state index in [9.17, 15) is 9.59 Å². The number of carbonyl (C=O) groups is 2. The van der Waals surface area contributed by atoms with Crippen LogP contribution in [0.1, 0.15) is 25.8 Å². The zero-order valence-electron chi connectivity index (χ0n) is 12.2. The van der Waals surface area contributed by atoms with E-state index in [0.29, 0.717) is 13.1 Å². The molecule has 1 saturated heterocycles. The van der Waals surface area contributed by atoms with E-state index in [2.05, 4.69) is 0 Å². The summed E-state index contributed by atoms with van der Waals surface area (Å²) < 4.78 is 0. The lowest BCUT2D eigenvalue weighted by Crippen LogP contribution is -2.42. The Morgan fingerprint density at radius 1 is 1.30 bits per heavy atom. The van der Waals surface area contributed by atoms with Crippen molar-refractivity contribution in [3.63, 3.8) is 0 Å². The molecule has 1 spiro atoms. The van der Waals surface area contributed by atoms with E-state index in [1.165, 1.54) is 0 Å². The second kappa shape index (κ2) is 4.33. The molecule has 20 heavy (non-hydrogen) atoms. The molecule has 3 rings (SSSR count). The number of carbonyl (C=O) groups excluding carboxylic acids is 2. The first kappa shape index (κ1) is 13.2. The lowest BCUT2D eigenvalue weighted by molar-refractivity contribution is -0.133. The first-order valence-corrected chi connectivity index (χ1v) is 7.14. The highest BCUT2D eigenvalue weighted by Gasteiger charge is 2.54. The predicted molar refractivity (Wildman–Crippen MR) is 77.6 cm³/mol. The van der Waals surface area contributed by atoms with E-state index in [-0.39, 0.29) is 17.7 Å². The summed E-state index contributed by atoms with van der Waals surface area (Å²) in [7, 11) is 1.82. The molecule has 0 N–H and O–H groups in total. The van der Waals surface area contributed by atoms with Crippen molar-refractivity contribution in [2.24, 2.45) is 5.92 Å². The summed E-state index contributed by atoms with van der Waals surface area (Å²) in [4.78, 5) is 28.5. The van der Waals surface area contributed by atoms with Crippen LogP contribution in [-0.2, 0) is 15.0 Å². The zero-order chi connectivity index (χ0) is 14.5. The predicted octanol–water partition coefficient (Wildman–Crippen LogP) is 1.79. The lowest BCUT2D eigenvalue weighted by Gasteiger charge is -2.24. The third kappa shape index (κ3) is 1.60. The smallest absolute Gasteiger partial charge is 0.239 e. The Morgan fingerprint density at radius 2 is 2.00 bits per heavy atom. The number of likely N-dealkylation sites (tertiary alicyclic amines) is 1. The number of hydrogen-bond donors (Lipinski definition) is 0. The average Bonchev–Trinajstić information content (AvgIpc) is 2.97. The Bertz CT molecular complexity index is 582. The quantitative estimate of drug-likeness (QED) is 0.782. The summed E-state index contributed by atoms with van der Waals surface area (Å²) in [5, 5.41) is 0. The van der Waals surface area contributed by atoms with Gasteiger partial charge in [0, 0.05) is 31.7 Å². The van der Waals surface area contributed by atoms with Crippen LogP contribution in [-0.4, -0.2) is 36.9 Å². The van der Waals surface area contributed by atoms with Crippen LogP contribution in [0.3, 0.4) is 0 Å². The van der Waals surface area contributed by atoms with Crippen molar-refractivity contribution >= 4 is 17.5 Å². The Labute approximate surface area is 119 Å². The van der Waals surface area contributed by atoms with Crippen molar-refractivity contribution in [1.82, 2.24) is 4.90 Å². The number of nitrogens with zero attached hydrogens (tertiary/aromatic N) is 2. The highest BCUT2D eigenvalue weighted by Crippen LogP contribution is 2.46. The SMILES string of the molecule is CC(C)C(=O)N1CC[C@@]2(C1)C(=O)N(C)c1ccccc12. The summed E-state index contributed by atoms with van der Waals surface area (Å²) in [6, 6.07) is 7.93. The van der Waals surface area contributed by atoms with Gasteiger partial charge in [-0.15, -0.1) is 0 Å². The monoisotopic (exact) mass is 272 g/mol. The van der Waals surface area contributed by atoms with Gasteiger partial charge < -0.3 is 9.80 Å². The fourth-order valence-corrected chi connectivity index (χ4v) is 3.47. The van der Waals surface area contributed by atoms with Crippen molar-refractivity contribution < 1.29 is 9.59 Å². The molecule has 0 radical (unpaired) electrons. The molecule has 0 bridgehead atoms. The zero-order valence-corrected chi connectivity index (χ0v) is 12.2. The average molecular weight is 272 g/mol. The van der Waals surface area contributed by atoms with Gasteiger partial charge in [0.1, 0.15) is 0 Å². The molecule has 4 heteroatoms. The van der Waals surface area contributed by atoms with Crippen molar-refractivity contribution in [3.8, 4) is 0 Å². The van der Waals surface area contributed by atoms with Crippen LogP contribution < -0.4 is 4.90 Å². The maximum Gasteiger partial charge on any atom is 0.239 e. The van der Waals surface area contributed by atoms with Gasteiger partial charge >= 0.3 is 0 Å². The number of amides is 2. The van der Waals surface area contributed by atoms with Crippen LogP contribution >= 0.6 is 0 Å². The summed E-state index contributed by atoms with van der Waals surface area (Å²) in [6.45, 7) is 5.00. The maximum absolute atomic E-state index is 12.7. The summed E-state index contributed by atoms with van der Waals surface area (Å²) in [6.07, 6.45) is 0.728. The molecule has 1 atom stereocenters. The van der Waals surface area contributed by atoms with E-state index in [1.54, 1.807) is 4.90 Å². The molecule has 0 saturated carbocycles. The van der Waals surface area contributed by atoms with Gasteiger partial charge in [-0.25, -0.2) is 0 Å². The normalized spacial score (nSPS) is 24.9. The molecule has 2 aliphatic rings. The standard InChI is InChI=1S/C16H20N2O2/c1-11(2)14(19)18-9-8-16(10-18)12-6-4-5-7-13(12)17(3)15(16)20/h4-7,11H,8-10H2,1-3H3/t16-/m0/s1.